The van der Waals surface area contributed by atoms with E-state index in [4.69, 9.17) is 0 Å². The number of hydrogen-bond donors (Lipinski definition) is 1. The maximum atomic E-state index is 13.6. The summed E-state index contributed by atoms with van der Waals surface area (Å²) in [6.45, 7) is 10.9. The second-order valence-corrected chi connectivity index (χ2v) is 9.31. The Bertz CT molecular complexity index is 841. The first-order valence-electron chi connectivity index (χ1n) is 9.84. The Morgan fingerprint density at radius 2 is 1.67 bits per heavy atom. The Morgan fingerprint density at radius 3 is 2.26 bits per heavy atom. The summed E-state index contributed by atoms with van der Waals surface area (Å²) in [5.74, 6) is -1.88. The van der Waals surface area contributed by atoms with Crippen LogP contribution in [0.4, 0.5) is 0 Å². The van der Waals surface area contributed by atoms with Gasteiger partial charge in [0.05, 0.1) is 11.3 Å². The number of ketones is 1. The van der Waals surface area contributed by atoms with Crippen LogP contribution in [0.1, 0.15) is 75.4 Å². The Kier molecular flexibility index (Phi) is 4.70. The quantitative estimate of drug-likeness (QED) is 0.722. The second-order valence-electron chi connectivity index (χ2n) is 9.31. The molecule has 144 valence electrons. The van der Waals surface area contributed by atoms with E-state index in [0.717, 1.165) is 12.8 Å². The molecule has 0 aliphatic heterocycles. The molecule has 3 rings (SSSR count). The van der Waals surface area contributed by atoms with Crippen molar-refractivity contribution in [1.29, 1.82) is 0 Å². The smallest absolute Gasteiger partial charge is 0.311 e. The van der Waals surface area contributed by atoms with Gasteiger partial charge in [-0.3, -0.25) is 9.59 Å². The Hall–Kier alpha value is -2.16. The minimum Gasteiger partial charge on any atom is -0.481 e. The molecule has 2 atom stereocenters. The molecule has 0 amide bonds. The Labute approximate surface area is 162 Å². The molecule has 0 saturated heterocycles. The van der Waals surface area contributed by atoms with Gasteiger partial charge in [-0.15, -0.1) is 0 Å². The number of carbonyl (C=O) groups excluding carboxylic acids is 1. The highest BCUT2D eigenvalue weighted by atomic mass is 16.4. The van der Waals surface area contributed by atoms with Gasteiger partial charge in [0.1, 0.15) is 0 Å². The van der Waals surface area contributed by atoms with Crippen LogP contribution in [0.2, 0.25) is 0 Å². The fraction of sp³-hybridized carbons (Fsp3) is 0.500. The van der Waals surface area contributed by atoms with Gasteiger partial charge in [-0.2, -0.15) is 0 Å². The number of Topliss-reactive ketones (excluding diaryl/α,β-unsaturated/α-hetero) is 1. The van der Waals surface area contributed by atoms with Crippen molar-refractivity contribution in [2.24, 2.45) is 11.3 Å². The summed E-state index contributed by atoms with van der Waals surface area (Å²) < 4.78 is 0. The number of carboxylic acid groups (broad SMARTS) is 1. The normalized spacial score (nSPS) is 27.8. The lowest BCUT2D eigenvalue weighted by Gasteiger charge is -2.42. The molecule has 0 fully saturated rings. The molecule has 0 radical (unpaired) electrons. The van der Waals surface area contributed by atoms with Crippen LogP contribution in [0.25, 0.3) is 0 Å². The van der Waals surface area contributed by atoms with E-state index >= 15 is 0 Å². The van der Waals surface area contributed by atoms with Crippen LogP contribution >= 0.6 is 0 Å². The minimum absolute atomic E-state index is 0.00896. The first kappa shape index (κ1) is 19.6. The average Bonchev–Trinajstić information content (AvgIpc) is 2.64. The van der Waals surface area contributed by atoms with Gasteiger partial charge in [0, 0.05) is 5.56 Å². The van der Waals surface area contributed by atoms with Crippen LogP contribution in [-0.4, -0.2) is 16.9 Å². The summed E-state index contributed by atoms with van der Waals surface area (Å²) >= 11 is 0. The zero-order chi connectivity index (χ0) is 20.0. The van der Waals surface area contributed by atoms with Gasteiger partial charge in [0.15, 0.2) is 5.78 Å². The van der Waals surface area contributed by atoms with Gasteiger partial charge >= 0.3 is 5.97 Å². The number of allylic oxidation sites excluding steroid dienone is 3. The number of hydrogen-bond acceptors (Lipinski definition) is 2. The van der Waals surface area contributed by atoms with Gasteiger partial charge in [-0.25, -0.2) is 0 Å². The number of rotatable bonds is 4. The molecule has 1 aromatic carbocycles. The lowest BCUT2D eigenvalue weighted by molar-refractivity contribution is -0.142. The van der Waals surface area contributed by atoms with Gasteiger partial charge in [-0.1, -0.05) is 71.1 Å². The maximum Gasteiger partial charge on any atom is 0.311 e. The average molecular weight is 367 g/mol. The molecule has 2 aliphatic rings. The third-order valence-corrected chi connectivity index (χ3v) is 6.75. The summed E-state index contributed by atoms with van der Waals surface area (Å²) in [4.78, 5) is 25.4. The van der Waals surface area contributed by atoms with E-state index in [0.29, 0.717) is 12.0 Å². The van der Waals surface area contributed by atoms with Crippen molar-refractivity contribution >= 4 is 11.8 Å². The molecule has 2 unspecified atom stereocenters. The van der Waals surface area contributed by atoms with Crippen molar-refractivity contribution in [3.8, 4) is 0 Å². The fourth-order valence-electron chi connectivity index (χ4n) is 4.69. The lowest BCUT2D eigenvalue weighted by atomic mass is 9.62. The van der Waals surface area contributed by atoms with Crippen LogP contribution in [0, 0.1) is 11.3 Å². The predicted molar refractivity (Wildman–Crippen MR) is 108 cm³/mol. The molecule has 1 N–H and O–H groups in total. The first-order valence-corrected chi connectivity index (χ1v) is 9.84. The molecular weight excluding hydrogens is 336 g/mol. The van der Waals surface area contributed by atoms with E-state index in [1.54, 1.807) is 24.3 Å². The molecule has 27 heavy (non-hydrogen) atoms. The topological polar surface area (TPSA) is 54.4 Å². The maximum absolute atomic E-state index is 13.6. The number of fused-ring (bicyclic) bond motifs is 1. The van der Waals surface area contributed by atoms with Gasteiger partial charge in [0.25, 0.3) is 0 Å². The largest absolute Gasteiger partial charge is 0.481 e. The van der Waals surface area contributed by atoms with Crippen molar-refractivity contribution < 1.29 is 14.7 Å². The molecule has 0 heterocycles. The van der Waals surface area contributed by atoms with E-state index in [-0.39, 0.29) is 16.6 Å². The summed E-state index contributed by atoms with van der Waals surface area (Å²) in [5, 5.41) is 9.71. The highest BCUT2D eigenvalue weighted by molar-refractivity contribution is 6.05. The molecule has 0 saturated carbocycles. The minimum atomic E-state index is -1.02. The summed E-state index contributed by atoms with van der Waals surface area (Å²) in [6, 6.07) is 6.01. The van der Waals surface area contributed by atoms with E-state index < -0.39 is 17.3 Å². The highest BCUT2D eigenvalue weighted by Crippen LogP contribution is 2.47. The molecule has 3 nitrogen and oxygen atoms in total. The third-order valence-electron chi connectivity index (χ3n) is 6.75. The van der Waals surface area contributed by atoms with Crippen molar-refractivity contribution in [1.82, 2.24) is 0 Å². The van der Waals surface area contributed by atoms with Crippen molar-refractivity contribution in [3.05, 3.63) is 59.2 Å². The highest BCUT2D eigenvalue weighted by Gasteiger charge is 2.46. The van der Waals surface area contributed by atoms with Crippen LogP contribution in [0.3, 0.4) is 0 Å². The number of carbonyl (C=O) groups is 2. The summed E-state index contributed by atoms with van der Waals surface area (Å²) in [5.41, 5.74) is 2.21. The van der Waals surface area contributed by atoms with E-state index in [1.807, 2.05) is 19.1 Å². The Balaban J connectivity index is 2.12. The van der Waals surface area contributed by atoms with Gasteiger partial charge in [0.2, 0.25) is 0 Å². The predicted octanol–water partition coefficient (Wildman–Crippen LogP) is 5.44. The number of carboxylic acids is 1. The third kappa shape index (κ3) is 3.07. The van der Waals surface area contributed by atoms with Gasteiger partial charge in [-0.05, 0) is 47.3 Å². The molecule has 0 bridgehead atoms. The number of aliphatic carboxylic acids is 1. The van der Waals surface area contributed by atoms with Crippen LogP contribution in [-0.2, 0) is 15.6 Å². The first-order chi connectivity index (χ1) is 12.5. The lowest BCUT2D eigenvalue weighted by Crippen LogP contribution is -2.41. The second kappa shape index (κ2) is 6.47. The summed E-state index contributed by atoms with van der Waals surface area (Å²) in [7, 11) is 0. The standard InChI is InChI=1S/C24H30O3/c1-6-24(12-8-7-9-18(24)21(26)27)20(25)16-10-11-17-19(15-16)23(4,5)14-13-22(17,2)3/h7-12,15,18H,6,13-14H2,1-5H3,(H,26,27). The van der Waals surface area contributed by atoms with E-state index in [9.17, 15) is 14.7 Å². The molecule has 0 aromatic heterocycles. The van der Waals surface area contributed by atoms with Crippen molar-refractivity contribution in [2.45, 2.75) is 64.7 Å². The SMILES string of the molecule is CCC1(C(=O)c2ccc3c(c2)C(C)(C)CCC3(C)C)C=CC=CC1C(=O)O. The van der Waals surface area contributed by atoms with Crippen LogP contribution in [0.5, 0.6) is 0 Å². The van der Waals surface area contributed by atoms with E-state index in [1.165, 1.54) is 11.1 Å². The molecule has 2 aliphatic carbocycles. The van der Waals surface area contributed by atoms with Crippen molar-refractivity contribution in [3.63, 3.8) is 0 Å². The van der Waals surface area contributed by atoms with Crippen LogP contribution in [0.15, 0.2) is 42.5 Å². The molecule has 0 spiro atoms. The number of benzene rings is 1. The zero-order valence-corrected chi connectivity index (χ0v) is 17.0. The fourth-order valence-corrected chi connectivity index (χ4v) is 4.69. The van der Waals surface area contributed by atoms with Crippen molar-refractivity contribution in [2.75, 3.05) is 0 Å². The molecule has 3 heteroatoms. The monoisotopic (exact) mass is 366 g/mol. The van der Waals surface area contributed by atoms with Gasteiger partial charge < -0.3 is 5.11 Å². The summed E-state index contributed by atoms with van der Waals surface area (Å²) in [6.07, 6.45) is 9.58. The van der Waals surface area contributed by atoms with Crippen LogP contribution < -0.4 is 0 Å². The Morgan fingerprint density at radius 1 is 1.04 bits per heavy atom. The molecule has 1 aromatic rings. The zero-order valence-electron chi connectivity index (χ0n) is 17.0. The van der Waals surface area contributed by atoms with E-state index in [2.05, 4.69) is 33.8 Å². The molecular formula is C24H30O3.